The molecule has 0 aliphatic heterocycles. The fourth-order valence-corrected chi connectivity index (χ4v) is 1.83. The monoisotopic (exact) mass is 280 g/mol. The molecule has 1 aromatic carbocycles. The number of rotatable bonds is 8. The van der Waals surface area contributed by atoms with Gasteiger partial charge in [0.2, 0.25) is 5.91 Å². The van der Waals surface area contributed by atoms with Gasteiger partial charge in [-0.3, -0.25) is 9.59 Å². The quantitative estimate of drug-likeness (QED) is 0.635. The van der Waals surface area contributed by atoms with Gasteiger partial charge in [-0.15, -0.1) is 0 Å². The van der Waals surface area contributed by atoms with Gasteiger partial charge in [0.25, 0.3) is 0 Å². The molecule has 0 fully saturated rings. The molecule has 0 radical (unpaired) electrons. The molecule has 1 rings (SSSR count). The van der Waals surface area contributed by atoms with Crippen LogP contribution in [0, 0.1) is 0 Å². The Morgan fingerprint density at radius 3 is 2.55 bits per heavy atom. The first-order valence-corrected chi connectivity index (χ1v) is 6.35. The summed E-state index contributed by atoms with van der Waals surface area (Å²) in [4.78, 5) is 22.4. The highest BCUT2D eigenvalue weighted by molar-refractivity contribution is 5.79. The van der Waals surface area contributed by atoms with E-state index in [-0.39, 0.29) is 25.3 Å². The number of hydrogen-bond donors (Lipinski definition) is 3. The summed E-state index contributed by atoms with van der Waals surface area (Å²) in [6, 6.07) is 7.46. The Balaban J connectivity index is 2.49. The Morgan fingerprint density at radius 1 is 1.35 bits per heavy atom. The Kier molecular flexibility index (Phi) is 6.69. The van der Waals surface area contributed by atoms with Crippen LogP contribution in [0.1, 0.15) is 17.5 Å². The molecular formula is C14H20N2O4. The molecule has 6 heteroatoms. The molecule has 20 heavy (non-hydrogen) atoms. The summed E-state index contributed by atoms with van der Waals surface area (Å²) in [5.41, 5.74) is 7.41. The Hall–Kier alpha value is -1.92. The third kappa shape index (κ3) is 5.38. The summed E-state index contributed by atoms with van der Waals surface area (Å²) in [7, 11) is 1.42. The SMILES string of the molecule is COC(CNC(=O)Cc1ccccc1CN)CC(=O)O. The molecule has 1 atom stereocenters. The summed E-state index contributed by atoms with van der Waals surface area (Å²) in [5.74, 6) is -1.14. The van der Waals surface area contributed by atoms with Crippen molar-refractivity contribution in [3.63, 3.8) is 0 Å². The summed E-state index contributed by atoms with van der Waals surface area (Å²) < 4.78 is 4.99. The van der Waals surface area contributed by atoms with Gasteiger partial charge in [0.15, 0.2) is 0 Å². The number of nitrogens with one attached hydrogen (secondary N) is 1. The molecule has 0 aliphatic rings. The lowest BCUT2D eigenvalue weighted by Crippen LogP contribution is -2.35. The van der Waals surface area contributed by atoms with Gasteiger partial charge in [0, 0.05) is 20.2 Å². The van der Waals surface area contributed by atoms with Crippen LogP contribution in [0.3, 0.4) is 0 Å². The average molecular weight is 280 g/mol. The first-order chi connectivity index (χ1) is 9.56. The van der Waals surface area contributed by atoms with Crippen LogP contribution < -0.4 is 11.1 Å². The molecule has 6 nitrogen and oxygen atoms in total. The second kappa shape index (κ2) is 8.29. The van der Waals surface area contributed by atoms with Crippen LogP contribution in [0.4, 0.5) is 0 Å². The average Bonchev–Trinajstić information content (AvgIpc) is 2.43. The van der Waals surface area contributed by atoms with Crippen molar-refractivity contribution in [2.24, 2.45) is 5.73 Å². The Morgan fingerprint density at radius 2 is 2.00 bits per heavy atom. The Bertz CT molecular complexity index is 462. The molecule has 0 saturated heterocycles. The fourth-order valence-electron chi connectivity index (χ4n) is 1.83. The first kappa shape index (κ1) is 16.1. The maximum atomic E-state index is 11.8. The third-order valence-corrected chi connectivity index (χ3v) is 2.95. The van der Waals surface area contributed by atoms with Gasteiger partial charge in [0.1, 0.15) is 0 Å². The zero-order valence-corrected chi connectivity index (χ0v) is 11.5. The topological polar surface area (TPSA) is 102 Å². The predicted octanol–water partition coefficient (Wildman–Crippen LogP) is 0.294. The molecule has 1 unspecified atom stereocenters. The maximum Gasteiger partial charge on any atom is 0.306 e. The molecule has 0 heterocycles. The highest BCUT2D eigenvalue weighted by atomic mass is 16.5. The van der Waals surface area contributed by atoms with Crippen molar-refractivity contribution in [2.75, 3.05) is 13.7 Å². The van der Waals surface area contributed by atoms with Crippen LogP contribution in [0.25, 0.3) is 0 Å². The minimum absolute atomic E-state index is 0.143. The van der Waals surface area contributed by atoms with Crippen LogP contribution in [0.5, 0.6) is 0 Å². The highest BCUT2D eigenvalue weighted by Crippen LogP contribution is 2.08. The normalized spacial score (nSPS) is 11.9. The summed E-state index contributed by atoms with van der Waals surface area (Å²) in [6.07, 6.45) is -0.450. The second-order valence-corrected chi connectivity index (χ2v) is 4.41. The molecule has 0 bridgehead atoms. The van der Waals surface area contributed by atoms with Crippen LogP contribution in [-0.2, 0) is 27.3 Å². The van der Waals surface area contributed by atoms with Crippen molar-refractivity contribution in [2.45, 2.75) is 25.5 Å². The minimum Gasteiger partial charge on any atom is -0.481 e. The number of benzene rings is 1. The minimum atomic E-state index is -0.959. The number of hydrogen-bond acceptors (Lipinski definition) is 4. The number of methoxy groups -OCH3 is 1. The van der Waals surface area contributed by atoms with Crippen molar-refractivity contribution in [1.82, 2.24) is 5.32 Å². The molecule has 0 spiro atoms. The third-order valence-electron chi connectivity index (χ3n) is 2.95. The number of carbonyl (C=O) groups is 2. The number of carboxylic acid groups (broad SMARTS) is 1. The maximum absolute atomic E-state index is 11.8. The van der Waals surface area contributed by atoms with E-state index in [1.807, 2.05) is 24.3 Å². The van der Waals surface area contributed by atoms with E-state index in [0.29, 0.717) is 6.54 Å². The number of nitrogens with two attached hydrogens (primary N) is 1. The van der Waals surface area contributed by atoms with Gasteiger partial charge in [-0.2, -0.15) is 0 Å². The zero-order chi connectivity index (χ0) is 15.0. The van der Waals surface area contributed by atoms with E-state index >= 15 is 0 Å². The van der Waals surface area contributed by atoms with Gasteiger partial charge < -0.3 is 20.9 Å². The summed E-state index contributed by atoms with van der Waals surface area (Å²) in [5, 5.41) is 11.3. The number of amides is 1. The van der Waals surface area contributed by atoms with Crippen LogP contribution in [0.2, 0.25) is 0 Å². The lowest BCUT2D eigenvalue weighted by molar-refractivity contribution is -0.140. The molecule has 0 aromatic heterocycles. The summed E-state index contributed by atoms with van der Waals surface area (Å²) in [6.45, 7) is 0.551. The van der Waals surface area contributed by atoms with Crippen LogP contribution in [0.15, 0.2) is 24.3 Å². The van der Waals surface area contributed by atoms with Crippen LogP contribution in [-0.4, -0.2) is 36.7 Å². The van der Waals surface area contributed by atoms with Crippen LogP contribution >= 0.6 is 0 Å². The van der Waals surface area contributed by atoms with E-state index in [0.717, 1.165) is 11.1 Å². The molecule has 4 N–H and O–H groups in total. The standard InChI is InChI=1S/C14H20N2O4/c1-20-12(7-14(18)19)9-16-13(17)6-10-4-2-3-5-11(10)8-15/h2-5,12H,6-9,15H2,1H3,(H,16,17)(H,18,19). The van der Waals surface area contributed by atoms with Crippen molar-refractivity contribution >= 4 is 11.9 Å². The number of aliphatic carboxylic acids is 1. The molecular weight excluding hydrogens is 260 g/mol. The molecule has 110 valence electrons. The lowest BCUT2D eigenvalue weighted by atomic mass is 10.0. The summed E-state index contributed by atoms with van der Waals surface area (Å²) >= 11 is 0. The van der Waals surface area contributed by atoms with Gasteiger partial charge in [-0.25, -0.2) is 0 Å². The number of carboxylic acids is 1. The number of ether oxygens (including phenoxy) is 1. The van der Waals surface area contributed by atoms with Gasteiger partial charge in [-0.1, -0.05) is 24.3 Å². The predicted molar refractivity (Wildman–Crippen MR) is 74.1 cm³/mol. The van der Waals surface area contributed by atoms with E-state index in [2.05, 4.69) is 5.32 Å². The first-order valence-electron chi connectivity index (χ1n) is 6.35. The van der Waals surface area contributed by atoms with E-state index in [4.69, 9.17) is 15.6 Å². The molecule has 1 amide bonds. The second-order valence-electron chi connectivity index (χ2n) is 4.41. The zero-order valence-electron chi connectivity index (χ0n) is 11.5. The van der Waals surface area contributed by atoms with Crippen molar-refractivity contribution < 1.29 is 19.4 Å². The van der Waals surface area contributed by atoms with Gasteiger partial charge in [0.05, 0.1) is 18.9 Å². The van der Waals surface area contributed by atoms with E-state index in [9.17, 15) is 9.59 Å². The van der Waals surface area contributed by atoms with E-state index in [1.54, 1.807) is 0 Å². The van der Waals surface area contributed by atoms with Crippen molar-refractivity contribution in [3.8, 4) is 0 Å². The van der Waals surface area contributed by atoms with Crippen molar-refractivity contribution in [3.05, 3.63) is 35.4 Å². The molecule has 0 saturated carbocycles. The molecule has 1 aromatic rings. The van der Waals surface area contributed by atoms with Gasteiger partial charge in [-0.05, 0) is 11.1 Å². The van der Waals surface area contributed by atoms with E-state index in [1.165, 1.54) is 7.11 Å². The fraction of sp³-hybridized carbons (Fsp3) is 0.429. The molecule has 0 aliphatic carbocycles. The van der Waals surface area contributed by atoms with E-state index < -0.39 is 12.1 Å². The highest BCUT2D eigenvalue weighted by Gasteiger charge is 2.14. The smallest absolute Gasteiger partial charge is 0.306 e. The lowest BCUT2D eigenvalue weighted by Gasteiger charge is -2.14. The number of carbonyl (C=O) groups excluding carboxylic acids is 1. The van der Waals surface area contributed by atoms with Crippen molar-refractivity contribution in [1.29, 1.82) is 0 Å². The largest absolute Gasteiger partial charge is 0.481 e. The van der Waals surface area contributed by atoms with Gasteiger partial charge >= 0.3 is 5.97 Å². The Labute approximate surface area is 117 Å².